The first kappa shape index (κ1) is 11.8. The summed E-state index contributed by atoms with van der Waals surface area (Å²) >= 11 is 0. The van der Waals surface area contributed by atoms with Crippen LogP contribution >= 0.6 is 0 Å². The van der Waals surface area contributed by atoms with E-state index < -0.39 is 0 Å². The van der Waals surface area contributed by atoms with Crippen molar-refractivity contribution >= 4 is 0 Å². The molecule has 2 N–H and O–H groups in total. The van der Waals surface area contributed by atoms with Crippen LogP contribution in [0.2, 0.25) is 0 Å². The minimum atomic E-state index is -0.0357. The zero-order valence-corrected chi connectivity index (χ0v) is 9.67. The molecule has 5 heteroatoms. The van der Waals surface area contributed by atoms with E-state index in [1.807, 2.05) is 6.07 Å². The lowest BCUT2D eigenvalue weighted by molar-refractivity contribution is 0.148. The zero-order chi connectivity index (χ0) is 12.1. The molecule has 1 fully saturated rings. The molecule has 0 aromatic carbocycles. The Hall–Kier alpha value is -1.67. The van der Waals surface area contributed by atoms with Crippen LogP contribution in [-0.4, -0.2) is 22.1 Å². The third kappa shape index (κ3) is 3.14. The van der Waals surface area contributed by atoms with Gasteiger partial charge in [-0.25, -0.2) is 4.98 Å². The maximum atomic E-state index is 8.74. The molecule has 5 nitrogen and oxygen atoms in total. The fourth-order valence-corrected chi connectivity index (χ4v) is 2.04. The van der Waals surface area contributed by atoms with Gasteiger partial charge in [0.25, 0.3) is 0 Å². The van der Waals surface area contributed by atoms with Crippen molar-refractivity contribution in [2.75, 3.05) is 0 Å². The SMILES string of the molecule is N#Cc1ccnc(OC2CCCCCC2N)n1. The molecule has 1 aliphatic carbocycles. The van der Waals surface area contributed by atoms with Crippen molar-refractivity contribution in [3.05, 3.63) is 18.0 Å². The topological polar surface area (TPSA) is 84.8 Å². The van der Waals surface area contributed by atoms with Crippen LogP contribution in [0.3, 0.4) is 0 Å². The van der Waals surface area contributed by atoms with Crippen molar-refractivity contribution in [3.8, 4) is 12.1 Å². The lowest BCUT2D eigenvalue weighted by Gasteiger charge is -2.21. The number of aromatic nitrogens is 2. The molecule has 90 valence electrons. The Bertz CT molecular complexity index is 415. The molecule has 2 atom stereocenters. The summed E-state index contributed by atoms with van der Waals surface area (Å²) in [5.74, 6) is 0. The Morgan fingerprint density at radius 3 is 3.00 bits per heavy atom. The Labute approximate surface area is 101 Å². The standard InChI is InChI=1S/C12H16N4O/c13-8-9-6-7-15-12(16-9)17-11-5-3-1-2-4-10(11)14/h6-7,10-11H,1-5,14H2. The zero-order valence-electron chi connectivity index (χ0n) is 9.67. The van der Waals surface area contributed by atoms with E-state index in [4.69, 9.17) is 15.7 Å². The van der Waals surface area contributed by atoms with Crippen LogP contribution in [0.25, 0.3) is 0 Å². The predicted octanol–water partition coefficient (Wildman–Crippen LogP) is 1.39. The first-order valence-electron chi connectivity index (χ1n) is 5.95. The lowest BCUT2D eigenvalue weighted by Crippen LogP contribution is -2.38. The van der Waals surface area contributed by atoms with E-state index in [1.165, 1.54) is 12.6 Å². The molecule has 0 bridgehead atoms. The molecule has 1 aliphatic rings. The summed E-state index contributed by atoms with van der Waals surface area (Å²) in [5, 5.41) is 8.74. The van der Waals surface area contributed by atoms with Gasteiger partial charge in [-0.05, 0) is 25.3 Å². The smallest absolute Gasteiger partial charge is 0.317 e. The van der Waals surface area contributed by atoms with Crippen molar-refractivity contribution in [2.45, 2.75) is 44.2 Å². The van der Waals surface area contributed by atoms with Crippen LogP contribution in [0.4, 0.5) is 0 Å². The van der Waals surface area contributed by atoms with Gasteiger partial charge in [-0.15, -0.1) is 0 Å². The Morgan fingerprint density at radius 2 is 2.18 bits per heavy atom. The van der Waals surface area contributed by atoms with Crippen molar-refractivity contribution in [1.29, 1.82) is 5.26 Å². The Balaban J connectivity index is 2.05. The first-order valence-corrected chi connectivity index (χ1v) is 5.95. The summed E-state index contributed by atoms with van der Waals surface area (Å²) in [6, 6.07) is 3.81. The Morgan fingerprint density at radius 1 is 1.35 bits per heavy atom. The van der Waals surface area contributed by atoms with Crippen molar-refractivity contribution in [1.82, 2.24) is 9.97 Å². The molecule has 2 unspecified atom stereocenters. The number of rotatable bonds is 2. The van der Waals surface area contributed by atoms with Gasteiger partial charge >= 0.3 is 6.01 Å². The van der Waals surface area contributed by atoms with Crippen LogP contribution < -0.4 is 10.5 Å². The molecular formula is C12H16N4O. The van der Waals surface area contributed by atoms with Gasteiger partial charge < -0.3 is 10.5 Å². The number of hydrogen-bond donors (Lipinski definition) is 1. The van der Waals surface area contributed by atoms with E-state index in [0.717, 1.165) is 25.7 Å². The van der Waals surface area contributed by atoms with E-state index in [0.29, 0.717) is 5.69 Å². The summed E-state index contributed by atoms with van der Waals surface area (Å²) in [5.41, 5.74) is 6.37. The summed E-state index contributed by atoms with van der Waals surface area (Å²) in [4.78, 5) is 8.01. The monoisotopic (exact) mass is 232 g/mol. The van der Waals surface area contributed by atoms with E-state index in [1.54, 1.807) is 6.07 Å². The minimum absolute atomic E-state index is 0.0341. The molecule has 0 aliphatic heterocycles. The lowest BCUT2D eigenvalue weighted by atomic mass is 10.1. The number of nitrogens with zero attached hydrogens (tertiary/aromatic N) is 3. The van der Waals surface area contributed by atoms with Crippen LogP contribution in [0.1, 0.15) is 37.8 Å². The quantitative estimate of drug-likeness (QED) is 0.779. The maximum Gasteiger partial charge on any atom is 0.317 e. The fourth-order valence-electron chi connectivity index (χ4n) is 2.04. The average molecular weight is 232 g/mol. The summed E-state index contributed by atoms with van der Waals surface area (Å²) in [6.07, 6.45) is 6.88. The van der Waals surface area contributed by atoms with Gasteiger partial charge in [0.2, 0.25) is 0 Å². The third-order valence-electron chi connectivity index (χ3n) is 3.01. The summed E-state index contributed by atoms with van der Waals surface area (Å²) in [6.45, 7) is 0. The van der Waals surface area contributed by atoms with E-state index in [9.17, 15) is 0 Å². The second kappa shape index (κ2) is 5.60. The van der Waals surface area contributed by atoms with Crippen molar-refractivity contribution < 1.29 is 4.74 Å². The van der Waals surface area contributed by atoms with Crippen molar-refractivity contribution in [2.24, 2.45) is 5.73 Å². The van der Waals surface area contributed by atoms with Crippen LogP contribution in [0.15, 0.2) is 12.3 Å². The van der Waals surface area contributed by atoms with Gasteiger partial charge in [0, 0.05) is 12.2 Å². The predicted molar refractivity (Wildman–Crippen MR) is 62.2 cm³/mol. The van der Waals surface area contributed by atoms with E-state index >= 15 is 0 Å². The average Bonchev–Trinajstić information content (AvgIpc) is 2.55. The van der Waals surface area contributed by atoms with Gasteiger partial charge in [-0.3, -0.25) is 0 Å². The minimum Gasteiger partial charge on any atom is -0.458 e. The first-order chi connectivity index (χ1) is 8.29. The molecule has 0 radical (unpaired) electrons. The largest absolute Gasteiger partial charge is 0.458 e. The number of hydrogen-bond acceptors (Lipinski definition) is 5. The number of nitriles is 1. The van der Waals surface area contributed by atoms with Gasteiger partial charge in [0.05, 0.1) is 0 Å². The van der Waals surface area contributed by atoms with Crippen LogP contribution in [0.5, 0.6) is 6.01 Å². The number of nitrogens with two attached hydrogens (primary N) is 1. The van der Waals surface area contributed by atoms with Crippen molar-refractivity contribution in [3.63, 3.8) is 0 Å². The van der Waals surface area contributed by atoms with Gasteiger partial charge in [-0.1, -0.05) is 12.8 Å². The second-order valence-electron chi connectivity index (χ2n) is 4.29. The Kier molecular flexibility index (Phi) is 3.89. The number of ether oxygens (including phenoxy) is 1. The highest BCUT2D eigenvalue weighted by atomic mass is 16.5. The molecule has 0 amide bonds. The highest BCUT2D eigenvalue weighted by Gasteiger charge is 2.22. The summed E-state index contributed by atoms with van der Waals surface area (Å²) in [7, 11) is 0. The molecule has 1 heterocycles. The normalized spacial score (nSPS) is 24.7. The highest BCUT2D eigenvalue weighted by Crippen LogP contribution is 2.20. The second-order valence-corrected chi connectivity index (χ2v) is 4.29. The van der Waals surface area contributed by atoms with E-state index in [-0.39, 0.29) is 18.2 Å². The van der Waals surface area contributed by atoms with Gasteiger partial charge in [0.15, 0.2) is 0 Å². The maximum absolute atomic E-state index is 8.74. The molecule has 0 spiro atoms. The van der Waals surface area contributed by atoms with E-state index in [2.05, 4.69) is 9.97 Å². The van der Waals surface area contributed by atoms with Gasteiger partial charge in [-0.2, -0.15) is 10.2 Å². The van der Waals surface area contributed by atoms with Crippen LogP contribution in [-0.2, 0) is 0 Å². The molecule has 0 saturated heterocycles. The molecule has 1 aromatic rings. The highest BCUT2D eigenvalue weighted by molar-refractivity contribution is 5.19. The molecule has 17 heavy (non-hydrogen) atoms. The third-order valence-corrected chi connectivity index (χ3v) is 3.01. The van der Waals surface area contributed by atoms with Crippen LogP contribution in [0, 0.1) is 11.3 Å². The molecular weight excluding hydrogens is 216 g/mol. The van der Waals surface area contributed by atoms with Gasteiger partial charge in [0.1, 0.15) is 17.9 Å². The molecule has 1 aromatic heterocycles. The molecule has 1 saturated carbocycles. The summed E-state index contributed by atoms with van der Waals surface area (Å²) < 4.78 is 5.69. The molecule has 2 rings (SSSR count). The fraction of sp³-hybridized carbons (Fsp3) is 0.583.